The van der Waals surface area contributed by atoms with Crippen molar-refractivity contribution in [2.75, 3.05) is 6.54 Å². The van der Waals surface area contributed by atoms with Crippen LogP contribution in [-0.4, -0.2) is 23.8 Å². The molecule has 92 valence electrons. The molecule has 2 rings (SSSR count). The predicted molar refractivity (Wildman–Crippen MR) is 69.9 cm³/mol. The highest BCUT2D eigenvalue weighted by Gasteiger charge is 2.21. The second-order valence-electron chi connectivity index (χ2n) is 4.84. The van der Waals surface area contributed by atoms with Crippen molar-refractivity contribution in [1.29, 1.82) is 0 Å². The summed E-state index contributed by atoms with van der Waals surface area (Å²) in [6, 6.07) is 8.89. The molecule has 0 radical (unpaired) electrons. The van der Waals surface area contributed by atoms with Gasteiger partial charge in [0.05, 0.1) is 6.04 Å². The van der Waals surface area contributed by atoms with E-state index in [9.17, 15) is 4.79 Å². The molecule has 0 bridgehead atoms. The van der Waals surface area contributed by atoms with Crippen molar-refractivity contribution in [3.05, 3.63) is 35.4 Å². The van der Waals surface area contributed by atoms with Crippen LogP contribution >= 0.6 is 0 Å². The molecule has 0 N–H and O–H groups in total. The van der Waals surface area contributed by atoms with Crippen LogP contribution in [0.4, 0.5) is 0 Å². The number of nitrogens with zero attached hydrogens (tertiary/aromatic N) is 1. The van der Waals surface area contributed by atoms with Crippen LogP contribution in [0.15, 0.2) is 24.3 Å². The van der Waals surface area contributed by atoms with E-state index >= 15 is 0 Å². The highest BCUT2D eigenvalue weighted by atomic mass is 16.1. The van der Waals surface area contributed by atoms with Crippen molar-refractivity contribution in [1.82, 2.24) is 4.90 Å². The second-order valence-corrected chi connectivity index (χ2v) is 4.84. The zero-order chi connectivity index (χ0) is 12.1. The van der Waals surface area contributed by atoms with Crippen molar-refractivity contribution in [2.45, 2.75) is 45.2 Å². The summed E-state index contributed by atoms with van der Waals surface area (Å²) in [6.07, 6.45) is 5.63. The summed E-state index contributed by atoms with van der Waals surface area (Å²) in [5.74, 6) is 0. The van der Waals surface area contributed by atoms with Gasteiger partial charge in [0, 0.05) is 6.54 Å². The Kier molecular flexibility index (Phi) is 4.32. The van der Waals surface area contributed by atoms with Crippen LogP contribution in [0.1, 0.15) is 37.3 Å². The number of benzene rings is 1. The van der Waals surface area contributed by atoms with E-state index in [1.165, 1.54) is 24.0 Å². The van der Waals surface area contributed by atoms with Gasteiger partial charge in [-0.1, -0.05) is 37.6 Å². The first-order valence-corrected chi connectivity index (χ1v) is 6.60. The van der Waals surface area contributed by atoms with Gasteiger partial charge in [-0.25, -0.2) is 0 Å². The van der Waals surface area contributed by atoms with Crippen molar-refractivity contribution in [3.63, 3.8) is 0 Å². The van der Waals surface area contributed by atoms with Gasteiger partial charge < -0.3 is 4.79 Å². The number of hydrogen-bond donors (Lipinski definition) is 0. The van der Waals surface area contributed by atoms with Crippen LogP contribution in [0.2, 0.25) is 0 Å². The Labute approximate surface area is 104 Å². The Morgan fingerprint density at radius 3 is 2.59 bits per heavy atom. The lowest BCUT2D eigenvalue weighted by Crippen LogP contribution is -2.39. The van der Waals surface area contributed by atoms with Gasteiger partial charge in [0.2, 0.25) is 0 Å². The first kappa shape index (κ1) is 12.3. The molecule has 0 aromatic heterocycles. The maximum absolute atomic E-state index is 11.0. The summed E-state index contributed by atoms with van der Waals surface area (Å²) >= 11 is 0. The zero-order valence-electron chi connectivity index (χ0n) is 10.6. The normalized spacial score (nSPS) is 21.4. The van der Waals surface area contributed by atoms with Gasteiger partial charge >= 0.3 is 0 Å². The lowest BCUT2D eigenvalue weighted by Gasteiger charge is -2.32. The summed E-state index contributed by atoms with van der Waals surface area (Å²) in [7, 11) is 0. The van der Waals surface area contributed by atoms with Gasteiger partial charge in [-0.15, -0.1) is 0 Å². The standard InChI is InChI=1S/C15H21NO/c1-2-13-6-8-14(9-7-13)11-16-10-4-3-5-15(16)12-17/h6-9,12,15H,2-5,10-11H2,1H3. The molecule has 1 aromatic carbocycles. The molecule has 1 aromatic rings. The molecule has 17 heavy (non-hydrogen) atoms. The molecule has 0 aliphatic carbocycles. The number of hydrogen-bond acceptors (Lipinski definition) is 2. The Morgan fingerprint density at radius 1 is 1.24 bits per heavy atom. The van der Waals surface area contributed by atoms with Crippen LogP contribution in [0.25, 0.3) is 0 Å². The van der Waals surface area contributed by atoms with Gasteiger partial charge in [-0.2, -0.15) is 0 Å². The van der Waals surface area contributed by atoms with E-state index in [0.29, 0.717) is 0 Å². The van der Waals surface area contributed by atoms with Gasteiger partial charge in [0.1, 0.15) is 6.29 Å². The minimum absolute atomic E-state index is 0.134. The molecule has 1 heterocycles. The molecule has 0 saturated carbocycles. The van der Waals surface area contributed by atoms with Crippen molar-refractivity contribution >= 4 is 6.29 Å². The average Bonchev–Trinajstić information content (AvgIpc) is 2.40. The zero-order valence-corrected chi connectivity index (χ0v) is 10.6. The highest BCUT2D eigenvalue weighted by Crippen LogP contribution is 2.18. The first-order chi connectivity index (χ1) is 8.33. The molecule has 2 heteroatoms. The number of rotatable bonds is 4. The molecule has 2 nitrogen and oxygen atoms in total. The molecule has 1 fully saturated rings. The fourth-order valence-corrected chi connectivity index (χ4v) is 2.48. The monoisotopic (exact) mass is 231 g/mol. The Morgan fingerprint density at radius 2 is 1.94 bits per heavy atom. The number of likely N-dealkylation sites (tertiary alicyclic amines) is 1. The lowest BCUT2D eigenvalue weighted by molar-refractivity contribution is -0.113. The second kappa shape index (κ2) is 5.97. The maximum Gasteiger partial charge on any atom is 0.137 e. The van der Waals surface area contributed by atoms with Crippen molar-refractivity contribution < 1.29 is 4.79 Å². The fraction of sp³-hybridized carbons (Fsp3) is 0.533. The Bertz CT molecular complexity index is 358. The third kappa shape index (κ3) is 3.16. The fourth-order valence-electron chi connectivity index (χ4n) is 2.48. The topological polar surface area (TPSA) is 20.3 Å². The SMILES string of the molecule is CCc1ccc(CN2CCCCC2C=O)cc1. The molecule has 1 unspecified atom stereocenters. The smallest absolute Gasteiger partial charge is 0.137 e. The molecule has 0 amide bonds. The third-order valence-electron chi connectivity index (χ3n) is 3.64. The number of carbonyl (C=O) groups excluding carboxylic acids is 1. The van der Waals surface area contributed by atoms with Crippen LogP contribution in [0.5, 0.6) is 0 Å². The largest absolute Gasteiger partial charge is 0.302 e. The minimum Gasteiger partial charge on any atom is -0.302 e. The van der Waals surface area contributed by atoms with E-state index < -0.39 is 0 Å². The number of piperidine rings is 1. The molecule has 1 aliphatic rings. The molecular formula is C15H21NO. The molecule has 1 aliphatic heterocycles. The van der Waals surface area contributed by atoms with Crippen LogP contribution in [0.3, 0.4) is 0 Å². The Balaban J connectivity index is 2.00. The van der Waals surface area contributed by atoms with E-state index in [0.717, 1.165) is 32.2 Å². The highest BCUT2D eigenvalue weighted by molar-refractivity contribution is 5.57. The average molecular weight is 231 g/mol. The van der Waals surface area contributed by atoms with Gasteiger partial charge in [0.25, 0.3) is 0 Å². The Hall–Kier alpha value is -1.15. The van der Waals surface area contributed by atoms with E-state index in [2.05, 4.69) is 36.1 Å². The van der Waals surface area contributed by atoms with Crippen molar-refractivity contribution in [3.8, 4) is 0 Å². The van der Waals surface area contributed by atoms with E-state index in [-0.39, 0.29) is 6.04 Å². The van der Waals surface area contributed by atoms with Crippen LogP contribution in [-0.2, 0) is 17.8 Å². The quantitative estimate of drug-likeness (QED) is 0.743. The number of carbonyl (C=O) groups is 1. The van der Waals surface area contributed by atoms with E-state index in [4.69, 9.17) is 0 Å². The summed E-state index contributed by atoms with van der Waals surface area (Å²) in [5, 5.41) is 0. The summed E-state index contributed by atoms with van der Waals surface area (Å²) in [5.41, 5.74) is 2.69. The minimum atomic E-state index is 0.134. The van der Waals surface area contributed by atoms with Gasteiger partial charge in [-0.3, -0.25) is 4.90 Å². The summed E-state index contributed by atoms with van der Waals surface area (Å²) in [6.45, 7) is 4.13. The molecule has 1 atom stereocenters. The van der Waals surface area contributed by atoms with Crippen LogP contribution in [0, 0.1) is 0 Å². The maximum atomic E-state index is 11.0. The molecule has 1 saturated heterocycles. The van der Waals surface area contributed by atoms with Crippen molar-refractivity contribution in [2.24, 2.45) is 0 Å². The number of aryl methyl sites for hydroxylation is 1. The lowest BCUT2D eigenvalue weighted by atomic mass is 10.0. The van der Waals surface area contributed by atoms with E-state index in [1.54, 1.807) is 0 Å². The predicted octanol–water partition coefficient (Wildman–Crippen LogP) is 2.80. The van der Waals surface area contributed by atoms with Gasteiger partial charge in [0.15, 0.2) is 0 Å². The summed E-state index contributed by atoms with van der Waals surface area (Å²) < 4.78 is 0. The molecule has 0 spiro atoms. The summed E-state index contributed by atoms with van der Waals surface area (Å²) in [4.78, 5) is 13.3. The molecular weight excluding hydrogens is 210 g/mol. The number of aldehydes is 1. The van der Waals surface area contributed by atoms with Gasteiger partial charge in [-0.05, 0) is 36.9 Å². The third-order valence-corrected chi connectivity index (χ3v) is 3.64. The first-order valence-electron chi connectivity index (χ1n) is 6.60. The van der Waals surface area contributed by atoms with E-state index in [1.807, 2.05) is 0 Å². The van der Waals surface area contributed by atoms with Crippen LogP contribution < -0.4 is 0 Å².